The maximum Gasteiger partial charge on any atom is 0.382 e. The molecule has 0 rings (SSSR count). The van der Waals surface area contributed by atoms with Crippen LogP contribution in [0.4, 0.5) is 0 Å². The molecule has 0 aliphatic carbocycles. The average Bonchev–Trinajstić information content (AvgIpc) is 2.87. The minimum atomic E-state index is -1.07. The van der Waals surface area contributed by atoms with Crippen LogP contribution < -0.4 is 0 Å². The number of aliphatic carboxylic acids is 1. The molecule has 0 spiro atoms. The molecule has 202 valence electrons. The maximum absolute atomic E-state index is 10.2. The molecular weight excluding hydrogens is 444 g/mol. The molecule has 0 saturated heterocycles. The number of aliphatic hydroxyl groups is 1. The van der Waals surface area contributed by atoms with Gasteiger partial charge in [0.1, 0.15) is 6.10 Å². The third-order valence-electron chi connectivity index (χ3n) is 6.27. The maximum atomic E-state index is 10.2. The van der Waals surface area contributed by atoms with Gasteiger partial charge in [0.15, 0.2) is 0 Å². The van der Waals surface area contributed by atoms with E-state index in [9.17, 15) is 9.90 Å². The number of aliphatic hydroxyl groups excluding tert-OH is 1. The highest BCUT2D eigenvalue weighted by molar-refractivity contribution is 5.86. The highest BCUT2D eigenvalue weighted by Crippen LogP contribution is 2.13. The van der Waals surface area contributed by atoms with Crippen molar-refractivity contribution in [2.24, 2.45) is 0 Å². The van der Waals surface area contributed by atoms with Gasteiger partial charge in [-0.3, -0.25) is 0 Å². The Bertz CT molecular complexity index is 684. The number of hydrogen-bond donors (Lipinski definition) is 2. The molecule has 0 aromatic rings. The molecule has 0 radical (unpaired) electrons. The highest BCUT2D eigenvalue weighted by atomic mass is 16.4. The smallest absolute Gasteiger partial charge is 0.382 e. The fourth-order valence-corrected chi connectivity index (χ4v) is 4.11. The van der Waals surface area contributed by atoms with Crippen LogP contribution in [0.1, 0.15) is 135 Å². The molecule has 0 aliphatic heterocycles. The molecule has 0 bridgehead atoms. The molecule has 0 aliphatic rings. The molecule has 1 unspecified atom stereocenters. The van der Waals surface area contributed by atoms with Crippen molar-refractivity contribution >= 4 is 5.97 Å². The van der Waals surface area contributed by atoms with E-state index in [0.29, 0.717) is 0 Å². The number of carboxylic acids is 1. The predicted octanol–water partition coefficient (Wildman–Crippen LogP) is 8.93. The minimum absolute atomic E-state index is 0.723. The van der Waals surface area contributed by atoms with E-state index < -0.39 is 12.1 Å². The molecule has 0 aromatic heterocycles. The SMILES string of the molecule is C#CC(O)/C=C/CCCCCCCCC/C=C\CCCCCCCCCCCC/C=C\C#CC(=O)O. The summed E-state index contributed by atoms with van der Waals surface area (Å²) in [5.41, 5.74) is 0. The molecule has 2 N–H and O–H groups in total. The van der Waals surface area contributed by atoms with Gasteiger partial charge in [0.2, 0.25) is 0 Å². The number of terminal acetylenes is 1. The van der Waals surface area contributed by atoms with Crippen LogP contribution in [-0.4, -0.2) is 22.3 Å². The summed E-state index contributed by atoms with van der Waals surface area (Å²) in [5, 5.41) is 17.6. The standard InChI is InChI=1S/C33H52O3/c1-2-32(34)30-28-26-24-22-20-18-16-14-12-10-8-6-4-3-5-7-9-11-13-15-17-19-21-23-25-27-29-31-33(35)36/h1,6,8,25,27-28,30,32,34H,3-5,7,9-24,26H2,(H,35,36)/b8-6-,27-25-,30-28+. The second-order valence-electron chi connectivity index (χ2n) is 9.65. The van der Waals surface area contributed by atoms with Crippen LogP contribution >= 0.6 is 0 Å². The second-order valence-corrected chi connectivity index (χ2v) is 9.65. The van der Waals surface area contributed by atoms with Crippen LogP contribution in [0.2, 0.25) is 0 Å². The third kappa shape index (κ3) is 29.8. The first-order chi connectivity index (χ1) is 17.7. The van der Waals surface area contributed by atoms with Gasteiger partial charge < -0.3 is 10.2 Å². The van der Waals surface area contributed by atoms with Gasteiger partial charge in [-0.05, 0) is 63.5 Å². The lowest BCUT2D eigenvalue weighted by molar-refractivity contribution is -0.130. The third-order valence-corrected chi connectivity index (χ3v) is 6.27. The summed E-state index contributed by atoms with van der Waals surface area (Å²) in [6.07, 6.45) is 43.3. The van der Waals surface area contributed by atoms with E-state index >= 15 is 0 Å². The van der Waals surface area contributed by atoms with Crippen LogP contribution in [0.5, 0.6) is 0 Å². The van der Waals surface area contributed by atoms with Crippen LogP contribution in [0.15, 0.2) is 36.5 Å². The Hall–Kier alpha value is -2.23. The lowest BCUT2D eigenvalue weighted by atomic mass is 10.0. The molecule has 0 fully saturated rings. The number of hydrogen-bond acceptors (Lipinski definition) is 2. The fourth-order valence-electron chi connectivity index (χ4n) is 4.11. The van der Waals surface area contributed by atoms with E-state index in [1.165, 1.54) is 122 Å². The quantitative estimate of drug-likeness (QED) is 0.0796. The Kier molecular flexibility index (Phi) is 27.2. The van der Waals surface area contributed by atoms with Crippen molar-refractivity contribution in [2.75, 3.05) is 0 Å². The average molecular weight is 497 g/mol. The number of rotatable bonds is 24. The van der Waals surface area contributed by atoms with Crippen molar-refractivity contribution < 1.29 is 15.0 Å². The summed E-state index contributed by atoms with van der Waals surface area (Å²) in [6, 6.07) is 0. The van der Waals surface area contributed by atoms with Crippen molar-refractivity contribution in [3.05, 3.63) is 36.5 Å². The zero-order chi connectivity index (χ0) is 26.4. The molecule has 36 heavy (non-hydrogen) atoms. The Morgan fingerprint density at radius 3 is 1.36 bits per heavy atom. The number of carboxylic acid groups (broad SMARTS) is 1. The van der Waals surface area contributed by atoms with Gasteiger partial charge in [0.05, 0.1) is 0 Å². The van der Waals surface area contributed by atoms with Crippen molar-refractivity contribution in [3.63, 3.8) is 0 Å². The van der Waals surface area contributed by atoms with Gasteiger partial charge in [0, 0.05) is 5.92 Å². The fraction of sp³-hybridized carbons (Fsp3) is 0.667. The van der Waals surface area contributed by atoms with Crippen molar-refractivity contribution in [1.82, 2.24) is 0 Å². The molecule has 0 aromatic carbocycles. The number of allylic oxidation sites excluding steroid dienone is 5. The van der Waals surface area contributed by atoms with E-state index in [-0.39, 0.29) is 0 Å². The zero-order valence-electron chi connectivity index (χ0n) is 22.8. The van der Waals surface area contributed by atoms with E-state index in [1.807, 2.05) is 12.2 Å². The molecule has 0 amide bonds. The monoisotopic (exact) mass is 496 g/mol. The van der Waals surface area contributed by atoms with Crippen LogP contribution in [0.25, 0.3) is 0 Å². The lowest BCUT2D eigenvalue weighted by Gasteiger charge is -2.02. The van der Waals surface area contributed by atoms with Gasteiger partial charge in [-0.2, -0.15) is 0 Å². The molecule has 3 heteroatoms. The Morgan fingerprint density at radius 1 is 0.611 bits per heavy atom. The second kappa shape index (κ2) is 29.0. The Morgan fingerprint density at radius 2 is 0.972 bits per heavy atom. The first-order valence-electron chi connectivity index (χ1n) is 14.5. The highest BCUT2D eigenvalue weighted by Gasteiger charge is 1.94. The first kappa shape index (κ1) is 33.8. The zero-order valence-corrected chi connectivity index (χ0v) is 22.8. The van der Waals surface area contributed by atoms with Crippen LogP contribution in [0.3, 0.4) is 0 Å². The number of carbonyl (C=O) groups is 1. The molecular formula is C33H52O3. The lowest BCUT2D eigenvalue weighted by Crippen LogP contribution is -1.95. The van der Waals surface area contributed by atoms with Crippen LogP contribution in [0, 0.1) is 24.2 Å². The van der Waals surface area contributed by atoms with Gasteiger partial charge in [-0.25, -0.2) is 4.79 Å². The van der Waals surface area contributed by atoms with Crippen molar-refractivity contribution in [3.8, 4) is 24.2 Å². The molecule has 0 heterocycles. The van der Waals surface area contributed by atoms with Gasteiger partial charge in [-0.1, -0.05) is 120 Å². The predicted molar refractivity (Wildman–Crippen MR) is 155 cm³/mol. The molecule has 0 saturated carbocycles. The van der Waals surface area contributed by atoms with Crippen molar-refractivity contribution in [1.29, 1.82) is 0 Å². The number of unbranched alkanes of at least 4 members (excludes halogenated alkanes) is 19. The van der Waals surface area contributed by atoms with Crippen molar-refractivity contribution in [2.45, 2.75) is 141 Å². The topological polar surface area (TPSA) is 57.5 Å². The van der Waals surface area contributed by atoms with E-state index in [4.69, 9.17) is 11.5 Å². The summed E-state index contributed by atoms with van der Waals surface area (Å²) in [7, 11) is 0. The largest absolute Gasteiger partial charge is 0.472 e. The summed E-state index contributed by atoms with van der Waals surface area (Å²) in [6.45, 7) is 0. The molecule has 1 atom stereocenters. The van der Waals surface area contributed by atoms with E-state index in [2.05, 4.69) is 29.9 Å². The van der Waals surface area contributed by atoms with E-state index in [1.54, 1.807) is 12.2 Å². The Balaban J connectivity index is 3.21. The summed E-state index contributed by atoms with van der Waals surface area (Å²) in [5.74, 6) is 5.82. The van der Waals surface area contributed by atoms with Gasteiger partial charge in [-0.15, -0.1) is 6.42 Å². The normalized spacial score (nSPS) is 12.2. The van der Waals surface area contributed by atoms with E-state index in [0.717, 1.165) is 12.8 Å². The summed E-state index contributed by atoms with van der Waals surface area (Å²) < 4.78 is 0. The minimum Gasteiger partial charge on any atom is -0.472 e. The van der Waals surface area contributed by atoms with Crippen LogP contribution in [-0.2, 0) is 4.79 Å². The Labute approximate surface area is 222 Å². The summed E-state index contributed by atoms with van der Waals surface area (Å²) in [4.78, 5) is 10.2. The van der Waals surface area contributed by atoms with Gasteiger partial charge in [0.25, 0.3) is 0 Å². The first-order valence-corrected chi connectivity index (χ1v) is 14.5. The molecule has 3 nitrogen and oxygen atoms in total. The summed E-state index contributed by atoms with van der Waals surface area (Å²) >= 11 is 0. The van der Waals surface area contributed by atoms with Gasteiger partial charge >= 0.3 is 5.97 Å².